The Morgan fingerprint density at radius 2 is 2.04 bits per heavy atom. The summed E-state index contributed by atoms with van der Waals surface area (Å²) in [6.45, 7) is 5.64. The van der Waals surface area contributed by atoms with Crippen LogP contribution in [0.25, 0.3) is 11.4 Å². The van der Waals surface area contributed by atoms with E-state index in [1.165, 1.54) is 5.01 Å². The zero-order valence-electron chi connectivity index (χ0n) is 14.5. The monoisotopic (exact) mass is 375 g/mol. The van der Waals surface area contributed by atoms with Crippen molar-refractivity contribution in [2.24, 2.45) is 0 Å². The Hall–Kier alpha value is -1.77. The first-order valence-electron chi connectivity index (χ1n) is 8.08. The number of hydrogen-bond donors (Lipinski definition) is 0. The highest BCUT2D eigenvalue weighted by Gasteiger charge is 2.15. The van der Waals surface area contributed by atoms with E-state index in [0.29, 0.717) is 19.1 Å². The molecule has 0 aliphatic heterocycles. The highest BCUT2D eigenvalue weighted by Crippen LogP contribution is 2.27. The van der Waals surface area contributed by atoms with Gasteiger partial charge in [-0.2, -0.15) is 0 Å². The van der Waals surface area contributed by atoms with Gasteiger partial charge in [0.2, 0.25) is 0 Å². The molecule has 0 amide bonds. The topological polar surface area (TPSA) is 65.7 Å². The first kappa shape index (κ1) is 18.0. The number of rotatable bonds is 8. The van der Waals surface area contributed by atoms with E-state index in [9.17, 15) is 0 Å². The van der Waals surface area contributed by atoms with Gasteiger partial charge >= 0.3 is 0 Å². The second kappa shape index (κ2) is 8.55. The summed E-state index contributed by atoms with van der Waals surface area (Å²) >= 11 is 3.37. The Labute approximate surface area is 155 Å². The largest absolute Gasteiger partial charge is 0.383 e. The molecule has 0 radical (unpaired) electrons. The lowest BCUT2D eigenvalue weighted by Crippen LogP contribution is -2.07. The van der Waals surface area contributed by atoms with Crippen molar-refractivity contribution in [3.05, 3.63) is 40.6 Å². The highest BCUT2D eigenvalue weighted by molar-refractivity contribution is 7.98. The third-order valence-corrected chi connectivity index (χ3v) is 5.78. The number of pyridine rings is 1. The van der Waals surface area contributed by atoms with Crippen LogP contribution in [0.5, 0.6) is 0 Å². The Balaban J connectivity index is 1.79. The van der Waals surface area contributed by atoms with E-state index in [1.807, 2.05) is 12.1 Å². The van der Waals surface area contributed by atoms with Crippen LogP contribution in [0.1, 0.15) is 30.5 Å². The molecule has 3 aromatic heterocycles. The molecule has 6 nitrogen and oxygen atoms in total. The highest BCUT2D eigenvalue weighted by atomic mass is 32.2. The van der Waals surface area contributed by atoms with Crippen LogP contribution in [0.2, 0.25) is 0 Å². The van der Waals surface area contributed by atoms with Gasteiger partial charge in [0, 0.05) is 42.1 Å². The number of aromatic nitrogens is 5. The van der Waals surface area contributed by atoms with Crippen molar-refractivity contribution in [2.45, 2.75) is 37.2 Å². The van der Waals surface area contributed by atoms with Gasteiger partial charge in [0.05, 0.1) is 23.9 Å². The molecule has 0 bridgehead atoms. The first-order valence-corrected chi connectivity index (χ1v) is 9.95. The minimum atomic E-state index is 0.465. The molecule has 3 heterocycles. The van der Waals surface area contributed by atoms with Gasteiger partial charge in [-0.15, -0.1) is 21.5 Å². The quantitative estimate of drug-likeness (QED) is 0.557. The molecule has 0 fully saturated rings. The maximum Gasteiger partial charge on any atom is 0.191 e. The van der Waals surface area contributed by atoms with Gasteiger partial charge in [0.25, 0.3) is 0 Å². The van der Waals surface area contributed by atoms with Crippen molar-refractivity contribution in [3.8, 4) is 11.4 Å². The molecule has 0 N–H and O–H groups in total. The SMILES string of the molecule is COCCn1c(SCc2csc(C(C)C)n2)nnc1-c1ccncc1. The summed E-state index contributed by atoms with van der Waals surface area (Å²) in [5.74, 6) is 2.08. The summed E-state index contributed by atoms with van der Waals surface area (Å²) in [5.41, 5.74) is 2.09. The number of ether oxygens (including phenoxy) is 1. The lowest BCUT2D eigenvalue weighted by molar-refractivity contribution is 0.185. The van der Waals surface area contributed by atoms with Gasteiger partial charge in [-0.05, 0) is 12.1 Å². The van der Waals surface area contributed by atoms with Crippen LogP contribution in [0.4, 0.5) is 0 Å². The molecule has 0 unspecified atom stereocenters. The standard InChI is InChI=1S/C17H21N5OS2/c1-12(2)16-19-14(10-24-16)11-25-17-21-20-15(22(17)8-9-23-3)13-4-6-18-7-5-13/h4-7,10,12H,8-9,11H2,1-3H3. The number of nitrogens with zero attached hydrogens (tertiary/aromatic N) is 5. The molecule has 8 heteroatoms. The van der Waals surface area contributed by atoms with E-state index in [2.05, 4.69) is 44.0 Å². The fourth-order valence-electron chi connectivity index (χ4n) is 2.29. The van der Waals surface area contributed by atoms with Gasteiger partial charge in [-0.1, -0.05) is 25.6 Å². The summed E-state index contributed by atoms with van der Waals surface area (Å²) in [5, 5.41) is 12.9. The third-order valence-electron chi connectivity index (χ3n) is 3.59. The average molecular weight is 376 g/mol. The molecule has 0 saturated heterocycles. The average Bonchev–Trinajstić information content (AvgIpc) is 3.26. The van der Waals surface area contributed by atoms with E-state index < -0.39 is 0 Å². The molecule has 0 saturated carbocycles. The third kappa shape index (κ3) is 4.45. The Morgan fingerprint density at radius 1 is 1.24 bits per heavy atom. The zero-order chi connectivity index (χ0) is 17.6. The summed E-state index contributed by atoms with van der Waals surface area (Å²) in [6.07, 6.45) is 3.53. The molecular weight excluding hydrogens is 354 g/mol. The van der Waals surface area contributed by atoms with Crippen molar-refractivity contribution < 1.29 is 4.74 Å². The van der Waals surface area contributed by atoms with Crippen LogP contribution < -0.4 is 0 Å². The lowest BCUT2D eigenvalue weighted by atomic mass is 10.2. The predicted molar refractivity (Wildman–Crippen MR) is 101 cm³/mol. The summed E-state index contributed by atoms with van der Waals surface area (Å²) in [7, 11) is 1.70. The number of methoxy groups -OCH3 is 1. The molecule has 0 atom stereocenters. The minimum absolute atomic E-state index is 0.465. The fraction of sp³-hybridized carbons (Fsp3) is 0.412. The van der Waals surface area contributed by atoms with Crippen LogP contribution >= 0.6 is 23.1 Å². The molecule has 0 aliphatic rings. The summed E-state index contributed by atoms with van der Waals surface area (Å²) < 4.78 is 7.34. The van der Waals surface area contributed by atoms with E-state index in [1.54, 1.807) is 42.6 Å². The van der Waals surface area contributed by atoms with Crippen molar-refractivity contribution in [1.29, 1.82) is 0 Å². The number of thioether (sulfide) groups is 1. The smallest absolute Gasteiger partial charge is 0.191 e. The zero-order valence-corrected chi connectivity index (χ0v) is 16.2. The van der Waals surface area contributed by atoms with Crippen LogP contribution in [0.15, 0.2) is 35.1 Å². The minimum Gasteiger partial charge on any atom is -0.383 e. The number of thiazole rings is 1. The summed E-state index contributed by atoms with van der Waals surface area (Å²) in [6, 6.07) is 3.88. The van der Waals surface area contributed by atoms with Crippen molar-refractivity contribution in [1.82, 2.24) is 24.7 Å². The molecule has 0 spiro atoms. The maximum atomic E-state index is 5.24. The second-order valence-corrected chi connectivity index (χ2v) is 7.64. The van der Waals surface area contributed by atoms with Crippen LogP contribution in [-0.4, -0.2) is 38.4 Å². The van der Waals surface area contributed by atoms with Gasteiger partial charge in [-0.3, -0.25) is 9.55 Å². The van der Waals surface area contributed by atoms with E-state index in [0.717, 1.165) is 28.0 Å². The molecule has 3 rings (SSSR count). The number of hydrogen-bond acceptors (Lipinski definition) is 7. The lowest BCUT2D eigenvalue weighted by Gasteiger charge is -2.09. The Morgan fingerprint density at radius 3 is 2.72 bits per heavy atom. The van der Waals surface area contributed by atoms with Gasteiger partial charge < -0.3 is 4.74 Å². The van der Waals surface area contributed by atoms with Crippen molar-refractivity contribution in [2.75, 3.05) is 13.7 Å². The molecule has 0 aromatic carbocycles. The maximum absolute atomic E-state index is 5.24. The van der Waals surface area contributed by atoms with Crippen molar-refractivity contribution >= 4 is 23.1 Å². The Bertz CT molecular complexity index is 800. The predicted octanol–water partition coefficient (Wildman–Crippen LogP) is 3.86. The molecule has 25 heavy (non-hydrogen) atoms. The molecule has 132 valence electrons. The Kier molecular flexibility index (Phi) is 6.17. The second-order valence-electron chi connectivity index (χ2n) is 5.81. The van der Waals surface area contributed by atoms with Gasteiger partial charge in [-0.25, -0.2) is 4.98 Å². The van der Waals surface area contributed by atoms with Crippen LogP contribution in [0, 0.1) is 0 Å². The summed E-state index contributed by atoms with van der Waals surface area (Å²) in [4.78, 5) is 8.76. The first-order chi connectivity index (χ1) is 12.2. The van der Waals surface area contributed by atoms with E-state index >= 15 is 0 Å². The van der Waals surface area contributed by atoms with Crippen LogP contribution in [-0.2, 0) is 17.0 Å². The van der Waals surface area contributed by atoms with E-state index in [-0.39, 0.29) is 0 Å². The molecular formula is C17H21N5OS2. The molecule has 3 aromatic rings. The normalized spacial score (nSPS) is 11.4. The fourth-order valence-corrected chi connectivity index (χ4v) is 4.08. The van der Waals surface area contributed by atoms with Crippen LogP contribution in [0.3, 0.4) is 0 Å². The van der Waals surface area contributed by atoms with Gasteiger partial charge in [0.15, 0.2) is 11.0 Å². The molecule has 0 aliphatic carbocycles. The van der Waals surface area contributed by atoms with E-state index in [4.69, 9.17) is 4.74 Å². The van der Waals surface area contributed by atoms with Crippen molar-refractivity contribution in [3.63, 3.8) is 0 Å². The van der Waals surface area contributed by atoms with Gasteiger partial charge in [0.1, 0.15) is 0 Å².